The van der Waals surface area contributed by atoms with E-state index in [1.165, 1.54) is 0 Å². The number of benzene rings is 1. The number of Topliss-reactive ketones (excluding diaryl/α,β-unsaturated/α-hetero) is 1. The maximum absolute atomic E-state index is 12.9. The molecule has 1 heterocycles. The molecule has 1 saturated carbocycles. The summed E-state index contributed by atoms with van der Waals surface area (Å²) in [5.41, 5.74) is -0.390. The van der Waals surface area contributed by atoms with Crippen LogP contribution in [-0.4, -0.2) is 29.7 Å². The van der Waals surface area contributed by atoms with Gasteiger partial charge in [0.1, 0.15) is 0 Å². The number of carbonyl (C=O) groups is 1. The monoisotopic (exact) mass is 334 g/mol. The predicted octanol–water partition coefficient (Wildman–Crippen LogP) is 2.40. The third-order valence-electron chi connectivity index (χ3n) is 5.11. The van der Waals surface area contributed by atoms with Gasteiger partial charge >= 0.3 is 0 Å². The van der Waals surface area contributed by atoms with Crippen LogP contribution in [-0.2, 0) is 9.53 Å². The Morgan fingerprint density at radius 3 is 2.60 bits per heavy atom. The number of hydrogen-bond donors (Lipinski definition) is 1. The third kappa shape index (κ3) is 1.39. The second-order valence-corrected chi connectivity index (χ2v) is 6.90. The zero-order valence-electron chi connectivity index (χ0n) is 10.9. The highest BCUT2D eigenvalue weighted by atomic mass is 79.9. The predicted molar refractivity (Wildman–Crippen MR) is 77.5 cm³/mol. The number of rotatable bonds is 2. The van der Waals surface area contributed by atoms with Gasteiger partial charge in [-0.05, 0) is 16.5 Å². The maximum atomic E-state index is 12.9. The van der Waals surface area contributed by atoms with Crippen LogP contribution in [0.4, 0.5) is 0 Å². The molecule has 104 valence electrons. The van der Waals surface area contributed by atoms with Crippen molar-refractivity contribution in [1.82, 2.24) is 0 Å². The van der Waals surface area contributed by atoms with E-state index in [0.29, 0.717) is 6.61 Å². The summed E-state index contributed by atoms with van der Waals surface area (Å²) in [6, 6.07) is 10.0. The van der Waals surface area contributed by atoms with Crippen LogP contribution in [0.2, 0.25) is 0 Å². The summed E-state index contributed by atoms with van der Waals surface area (Å²) >= 11 is 3.58. The molecule has 4 atom stereocenters. The van der Waals surface area contributed by atoms with Crippen molar-refractivity contribution in [3.63, 3.8) is 0 Å². The van der Waals surface area contributed by atoms with E-state index in [2.05, 4.69) is 15.9 Å². The van der Waals surface area contributed by atoms with Gasteiger partial charge in [0.05, 0.1) is 18.6 Å². The Morgan fingerprint density at radius 2 is 2.00 bits per heavy atom. The average molecular weight is 335 g/mol. The summed E-state index contributed by atoms with van der Waals surface area (Å²) in [6.45, 7) is 0.320. The highest BCUT2D eigenvalue weighted by Crippen LogP contribution is 2.63. The van der Waals surface area contributed by atoms with Crippen molar-refractivity contribution in [3.8, 4) is 0 Å². The minimum atomic E-state index is -0.842. The Morgan fingerprint density at radius 1 is 1.30 bits per heavy atom. The van der Waals surface area contributed by atoms with Gasteiger partial charge in [-0.15, -0.1) is 0 Å². The van der Waals surface area contributed by atoms with Crippen molar-refractivity contribution in [3.05, 3.63) is 46.5 Å². The molecule has 1 spiro atoms. The van der Waals surface area contributed by atoms with Crippen molar-refractivity contribution in [2.24, 2.45) is 11.3 Å². The third-order valence-corrected chi connectivity index (χ3v) is 5.89. The van der Waals surface area contributed by atoms with Crippen LogP contribution in [0.5, 0.6) is 0 Å². The summed E-state index contributed by atoms with van der Waals surface area (Å²) in [7, 11) is 0. The molecule has 4 heteroatoms. The lowest BCUT2D eigenvalue weighted by Gasteiger charge is -2.50. The van der Waals surface area contributed by atoms with Gasteiger partial charge < -0.3 is 9.84 Å². The molecule has 20 heavy (non-hydrogen) atoms. The van der Waals surface area contributed by atoms with Crippen LogP contribution in [0.3, 0.4) is 0 Å². The van der Waals surface area contributed by atoms with Gasteiger partial charge in [-0.25, -0.2) is 0 Å². The molecule has 3 aliphatic carbocycles. The van der Waals surface area contributed by atoms with Crippen molar-refractivity contribution < 1.29 is 14.6 Å². The summed E-state index contributed by atoms with van der Waals surface area (Å²) < 4.78 is 6.54. The van der Waals surface area contributed by atoms with E-state index in [4.69, 9.17) is 4.74 Å². The summed E-state index contributed by atoms with van der Waals surface area (Å²) in [5, 5.41) is 10.0. The topological polar surface area (TPSA) is 49.8 Å². The zero-order chi connectivity index (χ0) is 14.0. The summed E-state index contributed by atoms with van der Waals surface area (Å²) in [6.07, 6.45) is 2.77. The Hall–Kier alpha value is -0.970. The van der Waals surface area contributed by atoms with Gasteiger partial charge in [-0.3, -0.25) is 4.79 Å². The first-order chi connectivity index (χ1) is 9.64. The van der Waals surface area contributed by atoms with E-state index < -0.39 is 11.0 Å². The van der Waals surface area contributed by atoms with Gasteiger partial charge in [-0.1, -0.05) is 52.3 Å². The smallest absolute Gasteiger partial charge is 0.180 e. The number of halogens is 1. The first-order valence-corrected chi connectivity index (χ1v) is 7.66. The van der Waals surface area contributed by atoms with Crippen LogP contribution in [0, 0.1) is 11.3 Å². The van der Waals surface area contributed by atoms with E-state index in [0.717, 1.165) is 16.5 Å². The van der Waals surface area contributed by atoms with E-state index in [-0.39, 0.29) is 24.2 Å². The zero-order valence-corrected chi connectivity index (χ0v) is 12.5. The van der Waals surface area contributed by atoms with Crippen LogP contribution >= 0.6 is 15.9 Å². The molecule has 2 bridgehead atoms. The van der Waals surface area contributed by atoms with E-state index in [1.807, 2.05) is 36.4 Å². The molecule has 0 amide bonds. The molecule has 0 aromatic heterocycles. The number of aliphatic hydroxyl groups excluding tert-OH is 1. The largest absolute Gasteiger partial charge is 0.395 e. The molecule has 3 nitrogen and oxygen atoms in total. The van der Waals surface area contributed by atoms with Gasteiger partial charge in [0.2, 0.25) is 0 Å². The van der Waals surface area contributed by atoms with Crippen molar-refractivity contribution >= 4 is 21.7 Å². The molecule has 1 aromatic carbocycles. The number of ketones is 1. The molecule has 0 radical (unpaired) electrons. The van der Waals surface area contributed by atoms with Crippen LogP contribution in [0.15, 0.2) is 40.9 Å². The number of aliphatic hydroxyl groups is 1. The Labute approximate surface area is 125 Å². The standard InChI is InChI=1S/C16H15BrO3/c17-13-7-15(8-18)11(10-4-2-1-3-5-10)6-12(13)16(9-20-16)14(15)19/h1-5,7,11-12,18H,6,8-9H2/t11-,12+,15?,16+/m1/s1. The number of hydrogen-bond acceptors (Lipinski definition) is 3. The molecule has 2 fully saturated rings. The molecule has 1 N–H and O–H groups in total. The van der Waals surface area contributed by atoms with Gasteiger partial charge in [0, 0.05) is 11.8 Å². The fourth-order valence-corrected chi connectivity index (χ4v) is 4.92. The molecule has 1 aromatic rings. The minimum Gasteiger partial charge on any atom is -0.395 e. The lowest BCUT2D eigenvalue weighted by molar-refractivity contribution is -0.142. The maximum Gasteiger partial charge on any atom is 0.180 e. The molecule has 5 rings (SSSR count). The Bertz CT molecular complexity index is 605. The second-order valence-electron chi connectivity index (χ2n) is 5.99. The number of epoxide rings is 1. The minimum absolute atomic E-state index is 0.0299. The molecule has 1 unspecified atom stereocenters. The number of ether oxygens (including phenoxy) is 1. The number of fused-ring (bicyclic) bond motifs is 1. The Balaban J connectivity index is 1.87. The fourth-order valence-electron chi connectivity index (χ4n) is 3.95. The van der Waals surface area contributed by atoms with E-state index >= 15 is 0 Å². The molecule has 4 aliphatic rings. The van der Waals surface area contributed by atoms with Crippen LogP contribution in [0.25, 0.3) is 0 Å². The summed E-state index contributed by atoms with van der Waals surface area (Å²) in [4.78, 5) is 12.9. The van der Waals surface area contributed by atoms with Crippen molar-refractivity contribution in [1.29, 1.82) is 0 Å². The lowest BCUT2D eigenvalue weighted by atomic mass is 9.53. The lowest BCUT2D eigenvalue weighted by Crippen LogP contribution is -2.58. The normalized spacial score (nSPS) is 41.9. The second kappa shape index (κ2) is 4.03. The molecular formula is C16H15BrO3. The quantitative estimate of drug-likeness (QED) is 0.845. The summed E-state index contributed by atoms with van der Waals surface area (Å²) in [5.74, 6) is 0.178. The average Bonchev–Trinajstić information content (AvgIpc) is 3.26. The van der Waals surface area contributed by atoms with Gasteiger partial charge in [0.15, 0.2) is 11.4 Å². The highest BCUT2D eigenvalue weighted by Gasteiger charge is 2.71. The van der Waals surface area contributed by atoms with Crippen molar-refractivity contribution in [2.75, 3.05) is 13.2 Å². The van der Waals surface area contributed by atoms with Crippen LogP contribution in [0.1, 0.15) is 17.9 Å². The van der Waals surface area contributed by atoms with Gasteiger partial charge in [-0.2, -0.15) is 0 Å². The highest BCUT2D eigenvalue weighted by molar-refractivity contribution is 9.11. The molecule has 1 saturated heterocycles. The van der Waals surface area contributed by atoms with Crippen molar-refractivity contribution in [2.45, 2.75) is 17.9 Å². The first kappa shape index (κ1) is 12.7. The van der Waals surface area contributed by atoms with Crippen LogP contribution < -0.4 is 0 Å². The molecule has 1 aliphatic heterocycles. The Kier molecular flexibility index (Phi) is 2.57. The van der Waals surface area contributed by atoms with E-state index in [9.17, 15) is 9.90 Å². The first-order valence-electron chi connectivity index (χ1n) is 6.87. The van der Waals surface area contributed by atoms with Gasteiger partial charge in [0.25, 0.3) is 0 Å². The van der Waals surface area contributed by atoms with E-state index in [1.54, 1.807) is 0 Å². The number of carbonyl (C=O) groups excluding carboxylic acids is 1. The fraction of sp³-hybridized carbons (Fsp3) is 0.438. The molecular weight excluding hydrogens is 320 g/mol. The SMILES string of the molecule is O=C1C2(CO)C=C(Br)[C@H](C[C@@H]2c2ccccc2)[C@@]12CO2.